The number of fused-ring (bicyclic) bond motifs is 1. The van der Waals surface area contributed by atoms with Gasteiger partial charge in [-0.3, -0.25) is 4.79 Å². The second-order valence-corrected chi connectivity index (χ2v) is 7.57. The number of benzene rings is 1. The molecule has 4 nitrogen and oxygen atoms in total. The second kappa shape index (κ2) is 7.42. The minimum atomic E-state index is -0.151. The van der Waals surface area contributed by atoms with Crippen molar-refractivity contribution >= 4 is 11.6 Å². The highest BCUT2D eigenvalue weighted by Gasteiger charge is 2.25. The standard InChI is InChI=1S/C21H28N2O2/c1-13(2)15-10-8-11-16(14(3)4)19(15)22-21(24)20-17-9-6-5-7-12-18(17)25-23-20/h8,10-11,13-14H,5-7,9,12H2,1-4H3,(H,22,24). The monoisotopic (exact) mass is 340 g/mol. The van der Waals surface area contributed by atoms with Gasteiger partial charge in [0.1, 0.15) is 5.76 Å². The smallest absolute Gasteiger partial charge is 0.278 e. The number of carbonyl (C=O) groups excluding carboxylic acids is 1. The van der Waals surface area contributed by atoms with Gasteiger partial charge >= 0.3 is 0 Å². The van der Waals surface area contributed by atoms with Crippen molar-refractivity contribution in [3.8, 4) is 0 Å². The van der Waals surface area contributed by atoms with Gasteiger partial charge in [0.05, 0.1) is 0 Å². The molecule has 1 N–H and O–H groups in total. The molecule has 0 bridgehead atoms. The highest BCUT2D eigenvalue weighted by Crippen LogP contribution is 2.33. The summed E-state index contributed by atoms with van der Waals surface area (Å²) in [5.41, 5.74) is 4.72. The fraction of sp³-hybridized carbons (Fsp3) is 0.524. The van der Waals surface area contributed by atoms with Gasteiger partial charge in [-0.25, -0.2) is 0 Å². The Kier molecular flexibility index (Phi) is 5.26. The van der Waals surface area contributed by atoms with Crippen LogP contribution < -0.4 is 5.32 Å². The number of anilines is 1. The molecule has 4 heteroatoms. The topological polar surface area (TPSA) is 55.1 Å². The summed E-state index contributed by atoms with van der Waals surface area (Å²) in [4.78, 5) is 13.0. The zero-order valence-electron chi connectivity index (χ0n) is 15.7. The molecule has 1 amide bonds. The molecule has 3 rings (SSSR count). The van der Waals surface area contributed by atoms with Gasteiger partial charge in [-0.05, 0) is 42.2 Å². The second-order valence-electron chi connectivity index (χ2n) is 7.57. The fourth-order valence-corrected chi connectivity index (χ4v) is 3.61. The molecule has 2 aromatic rings. The molecule has 0 saturated heterocycles. The molecule has 134 valence electrons. The molecule has 0 fully saturated rings. The third kappa shape index (κ3) is 3.63. The van der Waals surface area contributed by atoms with Crippen LogP contribution in [0.5, 0.6) is 0 Å². The SMILES string of the molecule is CC(C)c1cccc(C(C)C)c1NC(=O)c1noc2c1CCCCC2. The number of hydrogen-bond acceptors (Lipinski definition) is 3. The van der Waals surface area contributed by atoms with Crippen molar-refractivity contribution in [2.24, 2.45) is 0 Å². The molecule has 1 heterocycles. The average Bonchev–Trinajstić information content (AvgIpc) is 2.83. The summed E-state index contributed by atoms with van der Waals surface area (Å²) < 4.78 is 5.47. The lowest BCUT2D eigenvalue weighted by Crippen LogP contribution is -2.18. The van der Waals surface area contributed by atoms with E-state index in [1.54, 1.807) is 0 Å². The van der Waals surface area contributed by atoms with E-state index >= 15 is 0 Å². The summed E-state index contributed by atoms with van der Waals surface area (Å²) in [6.45, 7) is 8.60. The van der Waals surface area contributed by atoms with Gasteiger partial charge in [0, 0.05) is 17.7 Å². The van der Waals surface area contributed by atoms with Gasteiger partial charge in [-0.2, -0.15) is 0 Å². The summed E-state index contributed by atoms with van der Waals surface area (Å²) in [6.07, 6.45) is 5.14. The molecule has 25 heavy (non-hydrogen) atoms. The number of rotatable bonds is 4. The molecule has 0 unspecified atom stereocenters. The van der Waals surface area contributed by atoms with Gasteiger partial charge < -0.3 is 9.84 Å². The zero-order valence-corrected chi connectivity index (χ0v) is 15.7. The van der Waals surface area contributed by atoms with Gasteiger partial charge in [-0.15, -0.1) is 0 Å². The maximum atomic E-state index is 13.0. The Morgan fingerprint density at radius 3 is 2.32 bits per heavy atom. The number of nitrogens with one attached hydrogen (secondary N) is 1. The van der Waals surface area contributed by atoms with Crippen molar-refractivity contribution in [1.29, 1.82) is 0 Å². The Bertz CT molecular complexity index is 733. The van der Waals surface area contributed by atoms with Crippen LogP contribution in [-0.2, 0) is 12.8 Å². The van der Waals surface area contributed by atoms with E-state index in [4.69, 9.17) is 4.52 Å². The van der Waals surface area contributed by atoms with Crippen LogP contribution in [0.1, 0.15) is 91.7 Å². The Labute approximate surface area is 150 Å². The summed E-state index contributed by atoms with van der Waals surface area (Å²) in [6, 6.07) is 6.26. The summed E-state index contributed by atoms with van der Waals surface area (Å²) >= 11 is 0. The normalized spacial score (nSPS) is 14.5. The number of hydrogen-bond donors (Lipinski definition) is 1. The van der Waals surface area contributed by atoms with Gasteiger partial charge in [0.2, 0.25) is 0 Å². The largest absolute Gasteiger partial charge is 0.360 e. The third-order valence-corrected chi connectivity index (χ3v) is 5.03. The van der Waals surface area contributed by atoms with E-state index in [0.717, 1.165) is 53.8 Å². The molecular formula is C21H28N2O2. The molecule has 0 saturated carbocycles. The minimum Gasteiger partial charge on any atom is -0.360 e. The van der Waals surface area contributed by atoms with Crippen LogP contribution in [-0.4, -0.2) is 11.1 Å². The van der Waals surface area contributed by atoms with Crippen molar-refractivity contribution in [2.75, 3.05) is 5.32 Å². The van der Waals surface area contributed by atoms with Crippen molar-refractivity contribution in [2.45, 2.75) is 71.6 Å². The first-order valence-corrected chi connectivity index (χ1v) is 9.40. The molecule has 1 aromatic heterocycles. The van der Waals surface area contributed by atoms with Crippen LogP contribution in [0.15, 0.2) is 22.7 Å². The quantitative estimate of drug-likeness (QED) is 0.754. The molecule has 1 aliphatic carbocycles. The minimum absolute atomic E-state index is 0.151. The molecule has 0 spiro atoms. The maximum absolute atomic E-state index is 13.0. The Morgan fingerprint density at radius 1 is 1.04 bits per heavy atom. The van der Waals surface area contributed by atoms with Crippen LogP contribution in [0.3, 0.4) is 0 Å². The van der Waals surface area contributed by atoms with Crippen LogP contribution in [0.2, 0.25) is 0 Å². The number of para-hydroxylation sites is 1. The molecular weight excluding hydrogens is 312 g/mol. The van der Waals surface area contributed by atoms with E-state index in [1.807, 2.05) is 0 Å². The number of amides is 1. The predicted octanol–water partition coefficient (Wildman–Crippen LogP) is 5.44. The molecule has 0 radical (unpaired) electrons. The predicted molar refractivity (Wildman–Crippen MR) is 100 cm³/mol. The van der Waals surface area contributed by atoms with E-state index < -0.39 is 0 Å². The van der Waals surface area contributed by atoms with E-state index in [0.29, 0.717) is 17.5 Å². The fourth-order valence-electron chi connectivity index (χ4n) is 3.61. The lowest BCUT2D eigenvalue weighted by Gasteiger charge is -2.20. The van der Waals surface area contributed by atoms with Crippen LogP contribution in [0, 0.1) is 0 Å². The van der Waals surface area contributed by atoms with Crippen LogP contribution in [0.4, 0.5) is 5.69 Å². The van der Waals surface area contributed by atoms with E-state index in [2.05, 4.69) is 56.4 Å². The molecule has 1 aromatic carbocycles. The highest BCUT2D eigenvalue weighted by atomic mass is 16.5. The van der Waals surface area contributed by atoms with Crippen molar-refractivity contribution in [1.82, 2.24) is 5.16 Å². The molecule has 0 atom stereocenters. The Hall–Kier alpha value is -2.10. The van der Waals surface area contributed by atoms with E-state index in [-0.39, 0.29) is 5.91 Å². The molecule has 1 aliphatic rings. The third-order valence-electron chi connectivity index (χ3n) is 5.03. The number of aromatic nitrogens is 1. The first-order chi connectivity index (χ1) is 12.0. The van der Waals surface area contributed by atoms with Crippen LogP contribution in [0.25, 0.3) is 0 Å². The van der Waals surface area contributed by atoms with Crippen LogP contribution >= 0.6 is 0 Å². The van der Waals surface area contributed by atoms with Crippen molar-refractivity contribution < 1.29 is 9.32 Å². The number of nitrogens with zero attached hydrogens (tertiary/aromatic N) is 1. The average molecular weight is 340 g/mol. The number of carbonyl (C=O) groups is 1. The first-order valence-electron chi connectivity index (χ1n) is 9.40. The first kappa shape index (κ1) is 17.7. The number of aryl methyl sites for hydroxylation is 1. The zero-order chi connectivity index (χ0) is 18.0. The molecule has 0 aliphatic heterocycles. The van der Waals surface area contributed by atoms with Gasteiger partial charge in [0.25, 0.3) is 5.91 Å². The lowest BCUT2D eigenvalue weighted by atomic mass is 9.92. The van der Waals surface area contributed by atoms with E-state index in [9.17, 15) is 4.79 Å². The summed E-state index contributed by atoms with van der Waals surface area (Å²) in [5, 5.41) is 7.25. The van der Waals surface area contributed by atoms with Crippen molar-refractivity contribution in [3.63, 3.8) is 0 Å². The Morgan fingerprint density at radius 2 is 1.68 bits per heavy atom. The maximum Gasteiger partial charge on any atom is 0.278 e. The summed E-state index contributed by atoms with van der Waals surface area (Å²) in [7, 11) is 0. The van der Waals surface area contributed by atoms with Gasteiger partial charge in [0.15, 0.2) is 5.69 Å². The van der Waals surface area contributed by atoms with E-state index in [1.165, 1.54) is 6.42 Å². The van der Waals surface area contributed by atoms with Gasteiger partial charge in [-0.1, -0.05) is 57.5 Å². The summed E-state index contributed by atoms with van der Waals surface area (Å²) in [5.74, 6) is 1.41. The van der Waals surface area contributed by atoms with Crippen molar-refractivity contribution in [3.05, 3.63) is 46.3 Å². The Balaban J connectivity index is 1.95. The highest BCUT2D eigenvalue weighted by molar-refractivity contribution is 6.05. The lowest BCUT2D eigenvalue weighted by molar-refractivity contribution is 0.101.